The van der Waals surface area contributed by atoms with Crippen molar-refractivity contribution in [2.24, 2.45) is 0 Å². The average molecular weight is 472 g/mol. The fourth-order valence-electron chi connectivity index (χ4n) is 1.09. The molecule has 0 radical (unpaired) electrons. The Balaban J connectivity index is 0.000000140. The van der Waals surface area contributed by atoms with E-state index in [4.69, 9.17) is 44.8 Å². The van der Waals surface area contributed by atoms with Crippen LogP contribution in [-0.4, -0.2) is 34.3 Å². The van der Waals surface area contributed by atoms with Crippen molar-refractivity contribution in [1.29, 1.82) is 0 Å². The van der Waals surface area contributed by atoms with Crippen LogP contribution in [0.5, 0.6) is 0 Å². The smallest absolute Gasteiger partial charge is 0.172 e. The zero-order valence-electron chi connectivity index (χ0n) is 7.20. The first kappa shape index (κ1) is 15.0. The van der Waals surface area contributed by atoms with E-state index in [1.165, 1.54) is 5.67 Å². The molecule has 84 valence electrons. The Hall–Kier alpha value is 2.99. The average Bonchev–Trinajstić information content (AvgIpc) is 2.02. The maximum Gasteiger partial charge on any atom is 0.223 e. The van der Waals surface area contributed by atoms with Crippen molar-refractivity contribution in [3.8, 4) is 0 Å². The number of hydrogen-bond acceptors (Lipinski definition) is 0. The van der Waals surface area contributed by atoms with Gasteiger partial charge in [-0.05, 0) is 17.0 Å². The molecule has 10 heteroatoms. The minimum atomic E-state index is -1.30. The fraction of sp³-hybridized carbons (Fsp3) is 1.00. The molecule has 14 heavy (non-hydrogen) atoms. The molecule has 0 bridgehead atoms. The van der Waals surface area contributed by atoms with Gasteiger partial charge in [0.1, 0.15) is 15.5 Å². The van der Waals surface area contributed by atoms with Crippen LogP contribution in [0.25, 0.3) is 0 Å². The van der Waals surface area contributed by atoms with E-state index in [9.17, 15) is 0 Å². The van der Waals surface area contributed by atoms with Gasteiger partial charge in [-0.25, -0.2) is 0 Å². The molecule has 0 aromatic heterocycles. The molecule has 3 atom stereocenters. The van der Waals surface area contributed by atoms with Crippen LogP contribution >= 0.6 is 75.4 Å². The van der Waals surface area contributed by atoms with Crippen LogP contribution in [0.2, 0.25) is 17.0 Å². The van der Waals surface area contributed by atoms with E-state index in [1.807, 2.05) is 0 Å². The van der Waals surface area contributed by atoms with Crippen molar-refractivity contribution in [2.45, 2.75) is 21.6 Å². The lowest BCUT2D eigenvalue weighted by atomic mass is 11.7. The number of rotatable bonds is 0. The van der Waals surface area contributed by atoms with Gasteiger partial charge in [-0.3, -0.25) is 0 Å². The molecule has 0 nitrogen and oxygen atoms in total. The van der Waals surface area contributed by atoms with E-state index in [2.05, 4.69) is 30.6 Å². The van der Waals surface area contributed by atoms with Gasteiger partial charge in [-0.15, -0.1) is 42.2 Å². The second kappa shape index (κ2) is 6.24. The number of halogens is 6. The topological polar surface area (TPSA) is 0 Å². The highest BCUT2D eigenvalue weighted by molar-refractivity contribution is 9.27. The highest BCUT2D eigenvalue weighted by atomic mass is 79.9. The lowest BCUT2D eigenvalue weighted by Crippen LogP contribution is -2.46. The summed E-state index contributed by atoms with van der Waals surface area (Å²) >= 11 is 30.3. The van der Waals surface area contributed by atoms with Gasteiger partial charge < -0.3 is 0 Å². The predicted octanol–water partition coefficient (Wildman–Crippen LogP) is 3.42. The van der Waals surface area contributed by atoms with Crippen molar-refractivity contribution >= 4 is 105 Å². The molecule has 2 aliphatic rings. The third-order valence-corrected chi connectivity index (χ3v) is 42.7. The normalized spacial score (nSPS) is 51.0. The van der Waals surface area contributed by atoms with Gasteiger partial charge >= 0.3 is 0 Å². The largest absolute Gasteiger partial charge is 0.223 e. The van der Waals surface area contributed by atoms with Crippen molar-refractivity contribution in [3.05, 3.63) is 0 Å². The van der Waals surface area contributed by atoms with Gasteiger partial charge in [0, 0.05) is 4.62 Å². The van der Waals surface area contributed by atoms with Crippen LogP contribution in [0.4, 0.5) is 0 Å². The summed E-state index contributed by atoms with van der Waals surface area (Å²) < 4.78 is 0.432. The molecule has 0 aromatic rings. The third kappa shape index (κ3) is 4.70. The summed E-state index contributed by atoms with van der Waals surface area (Å²) in [5.74, 6) is 0. The van der Waals surface area contributed by atoms with E-state index in [0.29, 0.717) is 4.62 Å². The minimum Gasteiger partial charge on any atom is -0.172 e. The zero-order chi connectivity index (χ0) is 10.9. The molecule has 3 unspecified atom stereocenters. The van der Waals surface area contributed by atoms with Crippen LogP contribution in [0.3, 0.4) is 0 Å². The van der Waals surface area contributed by atoms with Crippen LogP contribution in [0.15, 0.2) is 0 Å². The standard InChI is InChI=1S/2C2H5BrCl2Si2/c3-7(5)1-6(4)2-7;3-6-1-7(5)2(6)4/h6H,1-2H2;2,6-7H,1H2. The molecule has 0 aromatic carbocycles. The molecule has 2 rings (SSSR count). The number of hydrogen-bond donors (Lipinski definition) is 0. The lowest BCUT2D eigenvalue weighted by molar-refractivity contribution is 1.58. The Morgan fingerprint density at radius 1 is 1.29 bits per heavy atom. The van der Waals surface area contributed by atoms with Crippen molar-refractivity contribution in [1.82, 2.24) is 0 Å². The number of alkyl halides is 1. The van der Waals surface area contributed by atoms with Crippen LogP contribution in [0.1, 0.15) is 0 Å². The second-order valence-corrected chi connectivity index (χ2v) is 32.4. The molecule has 0 saturated carbocycles. The molecular formula is C4H10Br2Cl4Si4. The second-order valence-electron chi connectivity index (χ2n) is 3.57. The summed E-state index contributed by atoms with van der Waals surface area (Å²) in [6, 6.07) is -1.30. The Kier molecular flexibility index (Phi) is 6.71. The molecule has 0 amide bonds. The SMILES string of the molecule is ClC1[SiH](Cl)C[SiH]1Br.Cl[SiH]1C[Si](Cl)(Br)C1. The van der Waals surface area contributed by atoms with E-state index in [0.717, 1.165) is 11.3 Å². The quantitative estimate of drug-likeness (QED) is 0.288. The Morgan fingerprint density at radius 3 is 1.79 bits per heavy atom. The first-order chi connectivity index (χ1) is 6.32. The van der Waals surface area contributed by atoms with Gasteiger partial charge in [0.05, 0.1) is 0 Å². The maximum absolute atomic E-state index is 5.91. The maximum atomic E-state index is 5.91. The summed E-state index contributed by atoms with van der Waals surface area (Å²) in [6.45, 7) is 0. The van der Waals surface area contributed by atoms with E-state index >= 15 is 0 Å². The molecule has 0 aliphatic carbocycles. The first-order valence-electron chi connectivity index (χ1n) is 4.26. The summed E-state index contributed by atoms with van der Waals surface area (Å²) in [5, 5.41) is 0. The highest BCUT2D eigenvalue weighted by Gasteiger charge is 2.43. The molecule has 2 saturated heterocycles. The summed E-state index contributed by atoms with van der Waals surface area (Å²) in [7, 11) is -2.22. The Labute approximate surface area is 125 Å². The van der Waals surface area contributed by atoms with Gasteiger partial charge in [-0.2, -0.15) is 33.2 Å². The van der Waals surface area contributed by atoms with Crippen LogP contribution < -0.4 is 0 Å². The van der Waals surface area contributed by atoms with Gasteiger partial charge in [-0.1, -0.05) is 0 Å². The molecule has 0 N–H and O–H groups in total. The zero-order valence-corrected chi connectivity index (χ0v) is 17.9. The highest BCUT2D eigenvalue weighted by Crippen LogP contribution is 2.41. The predicted molar refractivity (Wildman–Crippen MR) is 86.7 cm³/mol. The Morgan fingerprint density at radius 2 is 1.79 bits per heavy atom. The monoisotopic (exact) mass is 468 g/mol. The van der Waals surface area contributed by atoms with Gasteiger partial charge in [0.2, 0.25) is 6.00 Å². The van der Waals surface area contributed by atoms with E-state index in [-0.39, 0.29) is 0 Å². The van der Waals surface area contributed by atoms with Crippen molar-refractivity contribution < 1.29 is 0 Å². The third-order valence-electron chi connectivity index (χ3n) is 2.18. The van der Waals surface area contributed by atoms with Crippen LogP contribution in [-0.2, 0) is 0 Å². The van der Waals surface area contributed by atoms with Crippen LogP contribution in [0, 0.1) is 0 Å². The van der Waals surface area contributed by atoms with E-state index < -0.39 is 29.6 Å². The molecular weight excluding hydrogens is 462 g/mol. The molecule has 2 aliphatic heterocycles. The first-order valence-corrected chi connectivity index (χ1v) is 21.7. The Bertz CT molecular complexity index is 192. The summed E-state index contributed by atoms with van der Waals surface area (Å²) in [4.78, 5) is 0. The van der Waals surface area contributed by atoms with Crippen molar-refractivity contribution in [2.75, 3.05) is 0 Å². The van der Waals surface area contributed by atoms with Gasteiger partial charge in [0.25, 0.3) is 0 Å². The molecule has 2 fully saturated rings. The minimum absolute atomic E-state index is 0.432. The fourth-order valence-corrected chi connectivity index (χ4v) is 45.4. The van der Waals surface area contributed by atoms with Gasteiger partial charge in [0.15, 0.2) is 8.11 Å². The van der Waals surface area contributed by atoms with E-state index in [1.54, 1.807) is 0 Å². The molecule has 2 heterocycles. The van der Waals surface area contributed by atoms with Crippen molar-refractivity contribution in [3.63, 3.8) is 0 Å². The lowest BCUT2D eigenvalue weighted by Gasteiger charge is -2.30. The summed E-state index contributed by atoms with van der Waals surface area (Å²) in [6.07, 6.45) is 0. The summed E-state index contributed by atoms with van der Waals surface area (Å²) in [5.41, 5.74) is 3.61. The molecule has 0 spiro atoms.